The molecule has 4 nitrogen and oxygen atoms in total. The molecule has 0 atom stereocenters. The lowest BCUT2D eigenvalue weighted by Crippen LogP contribution is -2.33. The van der Waals surface area contributed by atoms with Crippen molar-refractivity contribution in [3.8, 4) is 0 Å². The van der Waals surface area contributed by atoms with E-state index in [2.05, 4.69) is 31.4 Å². The quantitative estimate of drug-likeness (QED) is 0.361. The molecule has 2 aromatic carbocycles. The van der Waals surface area contributed by atoms with Crippen LogP contribution in [-0.2, 0) is 13.1 Å². The van der Waals surface area contributed by atoms with E-state index in [-0.39, 0.29) is 5.91 Å². The van der Waals surface area contributed by atoms with Gasteiger partial charge in [0.15, 0.2) is 0 Å². The summed E-state index contributed by atoms with van der Waals surface area (Å²) in [6, 6.07) is 13.2. The molecule has 0 saturated heterocycles. The van der Waals surface area contributed by atoms with E-state index in [1.165, 1.54) is 0 Å². The summed E-state index contributed by atoms with van der Waals surface area (Å²) < 4.78 is 2.24. The largest absolute Gasteiger partial charge is 0.331 e. The number of halogens is 2. The Balaban J connectivity index is 1.97. The third-order valence-electron chi connectivity index (χ3n) is 5.22. The van der Waals surface area contributed by atoms with Crippen molar-refractivity contribution in [3.05, 3.63) is 63.9 Å². The number of para-hydroxylation sites is 2. The molecule has 1 heterocycles. The summed E-state index contributed by atoms with van der Waals surface area (Å²) in [5, 5.41) is 0.917. The number of benzene rings is 2. The molecule has 6 heteroatoms. The molecule has 0 aliphatic rings. The number of imidazole rings is 1. The number of nitrogens with zero attached hydrogens (tertiary/aromatic N) is 3. The van der Waals surface area contributed by atoms with Crippen molar-refractivity contribution in [2.24, 2.45) is 5.92 Å². The smallest absolute Gasteiger partial charge is 0.255 e. The van der Waals surface area contributed by atoms with E-state index < -0.39 is 0 Å². The Hall–Kier alpha value is -2.04. The summed E-state index contributed by atoms with van der Waals surface area (Å²) in [5.74, 6) is 1.27. The number of aryl methyl sites for hydroxylation is 1. The van der Waals surface area contributed by atoms with Crippen molar-refractivity contribution < 1.29 is 4.79 Å². The van der Waals surface area contributed by atoms with Crippen molar-refractivity contribution in [2.75, 3.05) is 6.54 Å². The van der Waals surface area contributed by atoms with E-state index in [0.29, 0.717) is 34.6 Å². The first-order chi connectivity index (χ1) is 14.4. The van der Waals surface area contributed by atoms with Crippen LogP contribution in [0, 0.1) is 5.92 Å². The average Bonchev–Trinajstić information content (AvgIpc) is 3.07. The van der Waals surface area contributed by atoms with Gasteiger partial charge in [-0.2, -0.15) is 0 Å². The van der Waals surface area contributed by atoms with Gasteiger partial charge in [-0.15, -0.1) is 0 Å². The first-order valence-electron chi connectivity index (χ1n) is 10.6. The van der Waals surface area contributed by atoms with Crippen LogP contribution in [0.2, 0.25) is 10.0 Å². The lowest BCUT2D eigenvalue weighted by molar-refractivity contribution is 0.0729. The Labute approximate surface area is 188 Å². The highest BCUT2D eigenvalue weighted by atomic mass is 35.5. The van der Waals surface area contributed by atoms with Gasteiger partial charge in [-0.05, 0) is 49.1 Å². The number of carbonyl (C=O) groups is 1. The maximum Gasteiger partial charge on any atom is 0.255 e. The molecule has 0 spiro atoms. The van der Waals surface area contributed by atoms with Crippen LogP contribution in [0.1, 0.15) is 56.2 Å². The minimum Gasteiger partial charge on any atom is -0.331 e. The fraction of sp³-hybridized carbons (Fsp3) is 0.417. The lowest BCUT2D eigenvalue weighted by Gasteiger charge is -2.24. The van der Waals surface area contributed by atoms with Crippen LogP contribution in [0.25, 0.3) is 11.0 Å². The Morgan fingerprint density at radius 2 is 1.93 bits per heavy atom. The van der Waals surface area contributed by atoms with Gasteiger partial charge in [0.2, 0.25) is 0 Å². The molecule has 160 valence electrons. The van der Waals surface area contributed by atoms with E-state index >= 15 is 0 Å². The number of fused-ring (bicyclic) bond motifs is 1. The minimum absolute atomic E-state index is 0.114. The standard InChI is InChI=1S/C24H29Cl2N3O/c1-4-5-13-29-22-9-7-6-8-21(22)27-23(29)16-28(14-12-17(2)3)24(30)19-15-18(25)10-11-20(19)26/h6-11,15,17H,4-5,12-14,16H2,1-3H3. The van der Waals surface area contributed by atoms with Crippen LogP contribution in [-0.4, -0.2) is 26.9 Å². The highest BCUT2D eigenvalue weighted by Crippen LogP contribution is 2.24. The zero-order chi connectivity index (χ0) is 21.7. The zero-order valence-electron chi connectivity index (χ0n) is 17.9. The normalized spacial score (nSPS) is 11.4. The molecule has 3 rings (SSSR count). The summed E-state index contributed by atoms with van der Waals surface area (Å²) in [5.41, 5.74) is 2.50. The Morgan fingerprint density at radius 3 is 2.67 bits per heavy atom. The minimum atomic E-state index is -0.114. The van der Waals surface area contributed by atoms with Gasteiger partial charge in [0, 0.05) is 18.1 Å². The molecule has 0 saturated carbocycles. The molecule has 1 amide bonds. The molecular formula is C24H29Cl2N3O. The van der Waals surface area contributed by atoms with E-state index in [9.17, 15) is 4.79 Å². The Bertz CT molecular complexity index is 1010. The van der Waals surface area contributed by atoms with Crippen molar-refractivity contribution in [3.63, 3.8) is 0 Å². The predicted molar refractivity (Wildman–Crippen MR) is 125 cm³/mol. The lowest BCUT2D eigenvalue weighted by atomic mass is 10.1. The number of hydrogen-bond donors (Lipinski definition) is 0. The Morgan fingerprint density at radius 1 is 1.17 bits per heavy atom. The molecule has 0 bridgehead atoms. The maximum absolute atomic E-state index is 13.4. The predicted octanol–water partition coefficient (Wildman–Crippen LogP) is 6.83. The number of aromatic nitrogens is 2. The topological polar surface area (TPSA) is 38.1 Å². The second kappa shape index (κ2) is 10.3. The second-order valence-corrected chi connectivity index (χ2v) is 8.90. The van der Waals surface area contributed by atoms with Crippen molar-refractivity contribution in [1.82, 2.24) is 14.5 Å². The van der Waals surface area contributed by atoms with E-state index in [1.54, 1.807) is 18.2 Å². The maximum atomic E-state index is 13.4. The second-order valence-electron chi connectivity index (χ2n) is 8.06. The average molecular weight is 446 g/mol. The fourth-order valence-electron chi connectivity index (χ4n) is 3.48. The molecule has 0 aliphatic carbocycles. The van der Waals surface area contributed by atoms with E-state index in [0.717, 1.165) is 42.7 Å². The first-order valence-corrected chi connectivity index (χ1v) is 11.3. The summed E-state index contributed by atoms with van der Waals surface area (Å²) in [7, 11) is 0. The summed E-state index contributed by atoms with van der Waals surface area (Å²) >= 11 is 12.5. The van der Waals surface area contributed by atoms with Gasteiger partial charge < -0.3 is 9.47 Å². The fourth-order valence-corrected chi connectivity index (χ4v) is 3.85. The molecule has 1 aromatic heterocycles. The van der Waals surface area contributed by atoms with Crippen LogP contribution in [0.15, 0.2) is 42.5 Å². The number of rotatable bonds is 9. The van der Waals surface area contributed by atoms with Gasteiger partial charge in [0.25, 0.3) is 5.91 Å². The SMILES string of the molecule is CCCCn1c(CN(CCC(C)C)C(=O)c2cc(Cl)ccc2Cl)nc2ccccc21. The molecule has 0 N–H and O–H groups in total. The van der Waals surface area contributed by atoms with Gasteiger partial charge in [-0.25, -0.2) is 4.98 Å². The number of carbonyl (C=O) groups excluding carboxylic acids is 1. The van der Waals surface area contributed by atoms with Gasteiger partial charge in [-0.1, -0.05) is 62.5 Å². The number of unbranched alkanes of at least 4 members (excludes halogenated alkanes) is 1. The molecule has 0 fully saturated rings. The highest BCUT2D eigenvalue weighted by Gasteiger charge is 2.22. The summed E-state index contributed by atoms with van der Waals surface area (Å²) in [6.45, 7) is 8.45. The highest BCUT2D eigenvalue weighted by molar-refractivity contribution is 6.35. The Kier molecular flexibility index (Phi) is 7.79. The first kappa shape index (κ1) is 22.6. The molecule has 0 radical (unpaired) electrons. The number of amides is 1. The van der Waals surface area contributed by atoms with Crippen LogP contribution in [0.3, 0.4) is 0 Å². The van der Waals surface area contributed by atoms with Gasteiger partial charge in [0.05, 0.1) is 28.2 Å². The summed E-state index contributed by atoms with van der Waals surface area (Å²) in [4.78, 5) is 20.1. The van der Waals surface area contributed by atoms with Crippen molar-refractivity contribution in [2.45, 2.75) is 53.1 Å². The van der Waals surface area contributed by atoms with Gasteiger partial charge in [0.1, 0.15) is 5.82 Å². The third kappa shape index (κ3) is 5.35. The summed E-state index contributed by atoms with van der Waals surface area (Å²) in [6.07, 6.45) is 3.06. The van der Waals surface area contributed by atoms with E-state index in [1.807, 2.05) is 23.1 Å². The van der Waals surface area contributed by atoms with Crippen LogP contribution < -0.4 is 0 Å². The third-order valence-corrected chi connectivity index (χ3v) is 5.79. The molecular weight excluding hydrogens is 417 g/mol. The molecule has 3 aromatic rings. The molecule has 0 aliphatic heterocycles. The van der Waals surface area contributed by atoms with Crippen LogP contribution in [0.5, 0.6) is 0 Å². The van der Waals surface area contributed by atoms with Gasteiger partial charge >= 0.3 is 0 Å². The van der Waals surface area contributed by atoms with Crippen molar-refractivity contribution >= 4 is 40.1 Å². The zero-order valence-corrected chi connectivity index (χ0v) is 19.4. The van der Waals surface area contributed by atoms with Gasteiger partial charge in [-0.3, -0.25) is 4.79 Å². The molecule has 0 unspecified atom stereocenters. The molecule has 30 heavy (non-hydrogen) atoms. The monoisotopic (exact) mass is 445 g/mol. The number of hydrogen-bond acceptors (Lipinski definition) is 2. The van der Waals surface area contributed by atoms with Crippen molar-refractivity contribution in [1.29, 1.82) is 0 Å². The van der Waals surface area contributed by atoms with Crippen LogP contribution >= 0.6 is 23.2 Å². The van der Waals surface area contributed by atoms with Crippen LogP contribution in [0.4, 0.5) is 0 Å². The van der Waals surface area contributed by atoms with E-state index in [4.69, 9.17) is 28.2 Å².